The summed E-state index contributed by atoms with van der Waals surface area (Å²) >= 11 is 3.36. The fraction of sp³-hybridized carbons (Fsp3) is 0.364. The zero-order valence-corrected chi connectivity index (χ0v) is 10.3. The van der Waals surface area contributed by atoms with Crippen LogP contribution in [0.15, 0.2) is 28.7 Å². The SMILES string of the molecule is COC(=O)[C@H](C)OCc1cccc(Br)c1. The van der Waals surface area contributed by atoms with E-state index < -0.39 is 6.10 Å². The molecule has 0 aliphatic heterocycles. The number of methoxy groups -OCH3 is 1. The van der Waals surface area contributed by atoms with Crippen LogP contribution in [0.4, 0.5) is 0 Å². The van der Waals surface area contributed by atoms with Crippen molar-refractivity contribution in [2.75, 3.05) is 7.11 Å². The van der Waals surface area contributed by atoms with Gasteiger partial charge in [0.1, 0.15) is 0 Å². The molecule has 0 heterocycles. The smallest absolute Gasteiger partial charge is 0.334 e. The van der Waals surface area contributed by atoms with E-state index in [1.807, 2.05) is 24.3 Å². The highest BCUT2D eigenvalue weighted by Gasteiger charge is 2.12. The van der Waals surface area contributed by atoms with Gasteiger partial charge in [0.2, 0.25) is 0 Å². The van der Waals surface area contributed by atoms with Gasteiger partial charge in [-0.2, -0.15) is 0 Å². The van der Waals surface area contributed by atoms with Gasteiger partial charge in [-0.25, -0.2) is 4.79 Å². The third-order valence-electron chi connectivity index (χ3n) is 1.92. The van der Waals surface area contributed by atoms with Crippen molar-refractivity contribution < 1.29 is 14.3 Å². The molecule has 0 amide bonds. The topological polar surface area (TPSA) is 35.5 Å². The molecular formula is C11H13BrO3. The van der Waals surface area contributed by atoms with Gasteiger partial charge in [0, 0.05) is 4.47 Å². The minimum absolute atomic E-state index is 0.356. The summed E-state index contributed by atoms with van der Waals surface area (Å²) in [6.07, 6.45) is -0.533. The number of hydrogen-bond acceptors (Lipinski definition) is 3. The molecule has 0 aliphatic rings. The number of benzene rings is 1. The maximum atomic E-state index is 11.0. The summed E-state index contributed by atoms with van der Waals surface area (Å²) in [6.45, 7) is 2.07. The molecule has 0 saturated heterocycles. The molecule has 0 aromatic heterocycles. The number of hydrogen-bond donors (Lipinski definition) is 0. The number of carbonyl (C=O) groups is 1. The molecule has 0 bridgehead atoms. The average molecular weight is 273 g/mol. The van der Waals surface area contributed by atoms with Crippen LogP contribution in [0.5, 0.6) is 0 Å². The third-order valence-corrected chi connectivity index (χ3v) is 2.42. The Morgan fingerprint density at radius 2 is 2.27 bits per heavy atom. The van der Waals surface area contributed by atoms with Crippen LogP contribution < -0.4 is 0 Å². The molecule has 0 aliphatic carbocycles. The van der Waals surface area contributed by atoms with Crippen LogP contribution in [0.3, 0.4) is 0 Å². The number of ether oxygens (including phenoxy) is 2. The van der Waals surface area contributed by atoms with Crippen LogP contribution in [0.25, 0.3) is 0 Å². The minimum atomic E-state index is -0.533. The predicted molar refractivity (Wildman–Crippen MR) is 60.4 cm³/mol. The molecule has 0 spiro atoms. The molecule has 3 nitrogen and oxygen atoms in total. The van der Waals surface area contributed by atoms with Crippen molar-refractivity contribution in [2.45, 2.75) is 19.6 Å². The summed E-state index contributed by atoms with van der Waals surface area (Å²) in [4.78, 5) is 11.0. The van der Waals surface area contributed by atoms with Crippen molar-refractivity contribution in [3.05, 3.63) is 34.3 Å². The highest BCUT2D eigenvalue weighted by Crippen LogP contribution is 2.13. The van der Waals surface area contributed by atoms with Crippen LogP contribution in [0.2, 0.25) is 0 Å². The van der Waals surface area contributed by atoms with Gasteiger partial charge in [-0.3, -0.25) is 0 Å². The van der Waals surface area contributed by atoms with Gasteiger partial charge in [0.05, 0.1) is 13.7 Å². The Morgan fingerprint density at radius 3 is 2.87 bits per heavy atom. The second-order valence-corrected chi connectivity index (χ2v) is 4.02. The van der Waals surface area contributed by atoms with E-state index in [9.17, 15) is 4.79 Å². The first kappa shape index (κ1) is 12.2. The number of halogens is 1. The zero-order chi connectivity index (χ0) is 11.3. The molecule has 82 valence electrons. The molecule has 0 fully saturated rings. The molecule has 1 aromatic rings. The molecule has 15 heavy (non-hydrogen) atoms. The summed E-state index contributed by atoms with van der Waals surface area (Å²) in [5.74, 6) is -0.356. The molecule has 0 unspecified atom stereocenters. The monoisotopic (exact) mass is 272 g/mol. The highest BCUT2D eigenvalue weighted by molar-refractivity contribution is 9.10. The quantitative estimate of drug-likeness (QED) is 0.791. The van der Waals surface area contributed by atoms with Crippen LogP contribution in [-0.2, 0) is 20.9 Å². The van der Waals surface area contributed by atoms with Gasteiger partial charge in [-0.1, -0.05) is 28.1 Å². The molecule has 4 heteroatoms. The summed E-state index contributed by atoms with van der Waals surface area (Å²) in [6, 6.07) is 7.75. The molecule has 1 aromatic carbocycles. The fourth-order valence-corrected chi connectivity index (χ4v) is 1.53. The van der Waals surface area contributed by atoms with Gasteiger partial charge >= 0.3 is 5.97 Å². The van der Waals surface area contributed by atoms with E-state index in [1.54, 1.807) is 6.92 Å². The van der Waals surface area contributed by atoms with Crippen molar-refractivity contribution in [1.29, 1.82) is 0 Å². The largest absolute Gasteiger partial charge is 0.467 e. The summed E-state index contributed by atoms with van der Waals surface area (Å²) < 4.78 is 10.9. The normalized spacial score (nSPS) is 12.2. The Bertz CT molecular complexity index is 338. The number of rotatable bonds is 4. The Balaban J connectivity index is 2.47. The number of esters is 1. The lowest BCUT2D eigenvalue weighted by Crippen LogP contribution is -2.21. The van der Waals surface area contributed by atoms with E-state index in [0.717, 1.165) is 10.0 Å². The lowest BCUT2D eigenvalue weighted by atomic mass is 10.2. The van der Waals surface area contributed by atoms with Crippen molar-refractivity contribution in [1.82, 2.24) is 0 Å². The lowest BCUT2D eigenvalue weighted by Gasteiger charge is -2.10. The summed E-state index contributed by atoms with van der Waals surface area (Å²) in [5, 5.41) is 0. The summed E-state index contributed by atoms with van der Waals surface area (Å²) in [5.41, 5.74) is 1.01. The summed E-state index contributed by atoms with van der Waals surface area (Å²) in [7, 11) is 1.35. The maximum absolute atomic E-state index is 11.0. The van der Waals surface area contributed by atoms with Crippen LogP contribution in [0, 0.1) is 0 Å². The Morgan fingerprint density at radius 1 is 1.53 bits per heavy atom. The molecule has 0 N–H and O–H groups in total. The first-order valence-electron chi connectivity index (χ1n) is 4.57. The van der Waals surface area contributed by atoms with Gasteiger partial charge in [-0.15, -0.1) is 0 Å². The van der Waals surface area contributed by atoms with Crippen molar-refractivity contribution in [3.8, 4) is 0 Å². The molecule has 1 atom stereocenters. The zero-order valence-electron chi connectivity index (χ0n) is 8.70. The van der Waals surface area contributed by atoms with Crippen molar-refractivity contribution in [2.24, 2.45) is 0 Å². The Hall–Kier alpha value is -0.870. The third kappa shape index (κ3) is 4.01. The van der Waals surface area contributed by atoms with E-state index in [1.165, 1.54) is 7.11 Å². The van der Waals surface area contributed by atoms with Crippen LogP contribution in [-0.4, -0.2) is 19.2 Å². The Kier molecular flexibility index (Phi) is 4.78. The maximum Gasteiger partial charge on any atom is 0.334 e. The minimum Gasteiger partial charge on any atom is -0.467 e. The standard InChI is InChI=1S/C11H13BrO3/c1-8(11(13)14-2)15-7-9-4-3-5-10(12)6-9/h3-6,8H,7H2,1-2H3/t8-/m0/s1. The number of carbonyl (C=O) groups excluding carboxylic acids is 1. The second kappa shape index (κ2) is 5.88. The molecular weight excluding hydrogens is 260 g/mol. The van der Waals surface area contributed by atoms with E-state index in [0.29, 0.717) is 6.61 Å². The predicted octanol–water partition coefficient (Wildman–Crippen LogP) is 2.53. The van der Waals surface area contributed by atoms with Crippen molar-refractivity contribution in [3.63, 3.8) is 0 Å². The first-order valence-corrected chi connectivity index (χ1v) is 5.36. The van der Waals surface area contributed by atoms with Crippen LogP contribution >= 0.6 is 15.9 Å². The van der Waals surface area contributed by atoms with Gasteiger partial charge in [0.15, 0.2) is 6.10 Å². The van der Waals surface area contributed by atoms with Gasteiger partial charge in [0.25, 0.3) is 0 Å². The van der Waals surface area contributed by atoms with Crippen LogP contribution in [0.1, 0.15) is 12.5 Å². The average Bonchev–Trinajstić information content (AvgIpc) is 2.25. The van der Waals surface area contributed by atoms with E-state index in [2.05, 4.69) is 20.7 Å². The van der Waals surface area contributed by atoms with E-state index in [-0.39, 0.29) is 5.97 Å². The molecule has 0 radical (unpaired) electrons. The van der Waals surface area contributed by atoms with E-state index >= 15 is 0 Å². The van der Waals surface area contributed by atoms with Crippen molar-refractivity contribution >= 4 is 21.9 Å². The highest BCUT2D eigenvalue weighted by atomic mass is 79.9. The molecule has 0 saturated carbocycles. The van der Waals surface area contributed by atoms with Gasteiger partial charge in [-0.05, 0) is 24.6 Å². The van der Waals surface area contributed by atoms with E-state index in [4.69, 9.17) is 4.74 Å². The second-order valence-electron chi connectivity index (χ2n) is 3.11. The lowest BCUT2D eigenvalue weighted by molar-refractivity contribution is -0.153. The molecule has 1 rings (SSSR count). The fourth-order valence-electron chi connectivity index (χ4n) is 1.08. The first-order chi connectivity index (χ1) is 7.13. The van der Waals surface area contributed by atoms with Gasteiger partial charge < -0.3 is 9.47 Å². The Labute approximate surface area is 97.5 Å².